The largest absolute Gasteiger partial charge is 0.505 e. The fourth-order valence-corrected chi connectivity index (χ4v) is 6.69. The van der Waals surface area contributed by atoms with Crippen LogP contribution in [0.1, 0.15) is 6.92 Å². The molecule has 3 aromatic rings. The van der Waals surface area contributed by atoms with Gasteiger partial charge in [-0.3, -0.25) is 18.5 Å². The lowest BCUT2D eigenvalue weighted by Crippen LogP contribution is -2.16. The van der Waals surface area contributed by atoms with Crippen molar-refractivity contribution in [3.05, 3.63) is 36.4 Å². The van der Waals surface area contributed by atoms with Gasteiger partial charge in [-0.1, -0.05) is 0 Å². The molecule has 0 atom stereocenters. The molecule has 1 amide bonds. The van der Waals surface area contributed by atoms with Crippen LogP contribution in [0.4, 0.5) is 17.1 Å². The van der Waals surface area contributed by atoms with Crippen molar-refractivity contribution in [2.45, 2.75) is 21.6 Å². The molecule has 0 spiro atoms. The number of phenolic OH excluding ortho intramolecular Hbond substituents is 1. The molecule has 3 rings (SSSR count). The van der Waals surface area contributed by atoms with Crippen LogP contribution in [0.25, 0.3) is 10.8 Å². The van der Waals surface area contributed by atoms with Crippen LogP contribution in [0.3, 0.4) is 0 Å². The fourth-order valence-electron chi connectivity index (χ4n) is 3.68. The molecule has 22 heteroatoms. The SMILES string of the molecule is COc1ccc(/N=N/c2c(S(=O)(=O)O)cc3c(S(=O)(=O)O)ccc(NC(C)=O)c3c2O)cc1S(=O)(=O)CCOS(=O)(=O)O. The van der Waals surface area contributed by atoms with E-state index in [0.29, 0.717) is 6.07 Å². The molecule has 0 aliphatic rings. The number of carbonyl (C=O) groups excluding carboxylic acids is 1. The van der Waals surface area contributed by atoms with Gasteiger partial charge in [0, 0.05) is 12.3 Å². The zero-order chi connectivity index (χ0) is 32.5. The van der Waals surface area contributed by atoms with Crippen molar-refractivity contribution in [3.8, 4) is 11.5 Å². The smallest absolute Gasteiger partial charge is 0.397 e. The average Bonchev–Trinajstić information content (AvgIpc) is 2.85. The van der Waals surface area contributed by atoms with E-state index in [1.165, 1.54) is 0 Å². The van der Waals surface area contributed by atoms with Crippen LogP contribution in [0.2, 0.25) is 0 Å². The predicted molar refractivity (Wildman–Crippen MR) is 146 cm³/mol. The third-order valence-corrected chi connectivity index (χ3v) is 9.31. The first-order valence-corrected chi connectivity index (χ1v) is 17.0. The van der Waals surface area contributed by atoms with Gasteiger partial charge in [0.2, 0.25) is 5.91 Å². The maximum atomic E-state index is 12.8. The molecular formula is C21H21N3O15S4. The minimum atomic E-state index is -5.29. The number of rotatable bonds is 11. The molecule has 0 heterocycles. The monoisotopic (exact) mass is 683 g/mol. The first-order chi connectivity index (χ1) is 19.7. The summed E-state index contributed by atoms with van der Waals surface area (Å²) in [4.78, 5) is 9.06. The number of carbonyl (C=O) groups is 1. The third kappa shape index (κ3) is 7.99. The molecule has 0 aromatic heterocycles. The maximum absolute atomic E-state index is 12.8. The molecule has 0 fully saturated rings. The zero-order valence-electron chi connectivity index (χ0n) is 21.7. The predicted octanol–water partition coefficient (Wildman–Crippen LogP) is 2.01. The minimum Gasteiger partial charge on any atom is -0.505 e. The number of phenols is 1. The van der Waals surface area contributed by atoms with Crippen LogP contribution in [-0.4, -0.2) is 77.8 Å². The van der Waals surface area contributed by atoms with Crippen molar-refractivity contribution < 1.29 is 66.2 Å². The van der Waals surface area contributed by atoms with Gasteiger partial charge in [-0.25, -0.2) is 12.6 Å². The Kier molecular flexibility index (Phi) is 9.48. The molecule has 18 nitrogen and oxygen atoms in total. The van der Waals surface area contributed by atoms with E-state index in [9.17, 15) is 52.7 Å². The van der Waals surface area contributed by atoms with E-state index in [1.54, 1.807) is 0 Å². The number of hydrogen-bond acceptors (Lipinski definition) is 14. The quantitative estimate of drug-likeness (QED) is 0.143. The number of ether oxygens (including phenoxy) is 1. The van der Waals surface area contributed by atoms with Gasteiger partial charge in [0.25, 0.3) is 20.2 Å². The van der Waals surface area contributed by atoms with Crippen molar-refractivity contribution in [1.29, 1.82) is 0 Å². The summed E-state index contributed by atoms with van der Waals surface area (Å²) in [5, 5.41) is 19.5. The normalized spacial score (nSPS) is 13.0. The topological polar surface area (TPSA) is 290 Å². The van der Waals surface area contributed by atoms with E-state index >= 15 is 0 Å². The Bertz CT molecular complexity index is 2090. The fraction of sp³-hybridized carbons (Fsp3) is 0.190. The lowest BCUT2D eigenvalue weighted by Gasteiger charge is -2.15. The van der Waals surface area contributed by atoms with Gasteiger partial charge in [-0.2, -0.15) is 30.4 Å². The van der Waals surface area contributed by atoms with Gasteiger partial charge >= 0.3 is 10.4 Å². The third-order valence-electron chi connectivity index (χ3n) is 5.37. The summed E-state index contributed by atoms with van der Waals surface area (Å²) in [5.41, 5.74) is -1.55. The molecule has 234 valence electrons. The van der Waals surface area contributed by atoms with Crippen molar-refractivity contribution in [2.75, 3.05) is 24.8 Å². The molecular weight excluding hydrogens is 663 g/mol. The molecule has 0 saturated carbocycles. The maximum Gasteiger partial charge on any atom is 0.397 e. The molecule has 0 radical (unpaired) electrons. The van der Waals surface area contributed by atoms with Crippen molar-refractivity contribution in [2.24, 2.45) is 10.2 Å². The van der Waals surface area contributed by atoms with Crippen LogP contribution in [-0.2, 0) is 49.5 Å². The second-order valence-corrected chi connectivity index (χ2v) is 14.3. The van der Waals surface area contributed by atoms with Crippen LogP contribution in [0.15, 0.2) is 61.3 Å². The van der Waals surface area contributed by atoms with Gasteiger partial charge in [-0.05, 0) is 36.4 Å². The number of azo groups is 1. The molecule has 5 N–H and O–H groups in total. The number of methoxy groups -OCH3 is 1. The number of nitrogens with zero attached hydrogens (tertiary/aromatic N) is 2. The summed E-state index contributed by atoms with van der Waals surface area (Å²) in [6.45, 7) is 0.0951. The van der Waals surface area contributed by atoms with E-state index in [2.05, 4.69) is 19.7 Å². The Morgan fingerprint density at radius 2 is 1.49 bits per heavy atom. The second kappa shape index (κ2) is 12.1. The lowest BCUT2D eigenvalue weighted by molar-refractivity contribution is -0.114. The lowest BCUT2D eigenvalue weighted by atomic mass is 10.1. The van der Waals surface area contributed by atoms with E-state index in [0.717, 1.165) is 44.4 Å². The van der Waals surface area contributed by atoms with Gasteiger partial charge in [0.1, 0.15) is 26.1 Å². The Balaban J connectivity index is 2.27. The summed E-state index contributed by atoms with van der Waals surface area (Å²) in [6, 6.07) is 5.44. The average molecular weight is 684 g/mol. The molecule has 0 aliphatic heterocycles. The number of aromatic hydroxyl groups is 1. The van der Waals surface area contributed by atoms with Gasteiger partial charge in [0.15, 0.2) is 15.6 Å². The highest BCUT2D eigenvalue weighted by Crippen LogP contribution is 2.46. The Morgan fingerprint density at radius 3 is 2.02 bits per heavy atom. The number of sulfone groups is 1. The molecule has 3 aromatic carbocycles. The number of nitrogens with one attached hydrogen (secondary N) is 1. The van der Waals surface area contributed by atoms with Crippen LogP contribution in [0.5, 0.6) is 11.5 Å². The number of anilines is 1. The summed E-state index contributed by atoms with van der Waals surface area (Å²) < 4.78 is 133. The molecule has 0 aliphatic carbocycles. The van der Waals surface area contributed by atoms with E-state index in [4.69, 9.17) is 9.29 Å². The van der Waals surface area contributed by atoms with Crippen molar-refractivity contribution >= 4 is 74.2 Å². The molecule has 43 heavy (non-hydrogen) atoms. The first-order valence-electron chi connectivity index (χ1n) is 11.2. The van der Waals surface area contributed by atoms with Crippen LogP contribution < -0.4 is 10.1 Å². The van der Waals surface area contributed by atoms with Crippen molar-refractivity contribution in [3.63, 3.8) is 0 Å². The highest BCUT2D eigenvalue weighted by Gasteiger charge is 2.28. The Labute approximate surface area is 244 Å². The molecule has 0 bridgehead atoms. The first kappa shape index (κ1) is 33.7. The number of benzene rings is 3. The summed E-state index contributed by atoms with van der Waals surface area (Å²) >= 11 is 0. The molecule has 0 saturated heterocycles. The van der Waals surface area contributed by atoms with Crippen molar-refractivity contribution in [1.82, 2.24) is 0 Å². The van der Waals surface area contributed by atoms with Gasteiger partial charge in [0.05, 0.1) is 36.2 Å². The summed E-state index contributed by atoms with van der Waals surface area (Å²) in [7, 11) is -18.5. The minimum absolute atomic E-state index is 0.240. The van der Waals surface area contributed by atoms with Crippen LogP contribution in [0, 0.1) is 0 Å². The highest BCUT2D eigenvalue weighted by molar-refractivity contribution is 7.91. The number of amides is 1. The Hall–Kier alpha value is -3.77. The second-order valence-electron chi connectivity index (χ2n) is 8.34. The number of hydrogen-bond donors (Lipinski definition) is 5. The van der Waals surface area contributed by atoms with Gasteiger partial charge < -0.3 is 15.2 Å². The van der Waals surface area contributed by atoms with E-state index < -0.39 is 95.6 Å². The molecule has 0 unspecified atom stereocenters. The van der Waals surface area contributed by atoms with Crippen LogP contribution >= 0.6 is 0 Å². The highest BCUT2D eigenvalue weighted by atomic mass is 32.3. The zero-order valence-corrected chi connectivity index (χ0v) is 25.0. The summed E-state index contributed by atoms with van der Waals surface area (Å²) in [5.74, 6) is -3.01. The standard InChI is InChI=1S/C21H21N3O15S4/c1-11(25)22-14-4-6-16(41(29,30)31)13-10-18(42(32,33)34)20(21(26)19(13)14)24-23-12-3-5-15(38-2)17(9-12)40(27,28)8-7-39-43(35,36)37/h3-6,9-10,26H,7-8H2,1-2H3,(H,22,25)(H,29,30,31)(H,32,33,34)(H,35,36,37)/b24-23+. The van der Waals surface area contributed by atoms with E-state index in [1.807, 2.05) is 0 Å². The van der Waals surface area contributed by atoms with Gasteiger partial charge in [-0.15, -0.1) is 5.11 Å². The summed E-state index contributed by atoms with van der Waals surface area (Å²) in [6.07, 6.45) is 0. The van der Waals surface area contributed by atoms with E-state index in [-0.39, 0.29) is 17.1 Å². The number of fused-ring (bicyclic) bond motifs is 1. The Morgan fingerprint density at radius 1 is 0.860 bits per heavy atom.